The molecular formula is C11H8BrF7. The predicted octanol–water partition coefficient (Wildman–Crippen LogP) is 5.30. The fourth-order valence-electron chi connectivity index (χ4n) is 1.54. The molecule has 0 bridgehead atoms. The van der Waals surface area contributed by atoms with E-state index in [0.717, 1.165) is 0 Å². The fourth-order valence-corrected chi connectivity index (χ4v) is 2.08. The summed E-state index contributed by atoms with van der Waals surface area (Å²) >= 11 is 2.78. The molecule has 1 aromatic carbocycles. The van der Waals surface area contributed by atoms with E-state index in [1.54, 1.807) is 0 Å². The molecule has 0 saturated heterocycles. The maximum absolute atomic E-state index is 13.8. The minimum Gasteiger partial charge on any atom is -0.218 e. The maximum Gasteiger partial charge on any atom is 0.435 e. The largest absolute Gasteiger partial charge is 0.435 e. The van der Waals surface area contributed by atoms with Gasteiger partial charge in [-0.25, -0.2) is 4.39 Å². The second-order valence-electron chi connectivity index (χ2n) is 3.86. The van der Waals surface area contributed by atoms with Crippen LogP contribution in [0, 0.1) is 0 Å². The van der Waals surface area contributed by atoms with Crippen molar-refractivity contribution >= 4 is 15.9 Å². The molecule has 0 nitrogen and oxygen atoms in total. The van der Waals surface area contributed by atoms with Crippen LogP contribution in [0.5, 0.6) is 0 Å². The van der Waals surface area contributed by atoms with Gasteiger partial charge in [0.1, 0.15) is 0 Å². The van der Waals surface area contributed by atoms with E-state index in [1.807, 2.05) is 0 Å². The summed E-state index contributed by atoms with van der Waals surface area (Å²) in [5.41, 5.74) is -6.69. The molecule has 0 aromatic heterocycles. The van der Waals surface area contributed by atoms with Crippen molar-refractivity contribution < 1.29 is 30.7 Å². The van der Waals surface area contributed by atoms with Gasteiger partial charge < -0.3 is 0 Å². The van der Waals surface area contributed by atoms with E-state index in [-0.39, 0.29) is 16.5 Å². The first-order valence-electron chi connectivity index (χ1n) is 5.05. The molecule has 0 unspecified atom stereocenters. The first kappa shape index (κ1) is 16.3. The minimum atomic E-state index is -6.09. The van der Waals surface area contributed by atoms with Crippen LogP contribution in [0.25, 0.3) is 0 Å². The van der Waals surface area contributed by atoms with E-state index in [0.29, 0.717) is 12.1 Å². The van der Waals surface area contributed by atoms with E-state index in [2.05, 4.69) is 15.9 Å². The Morgan fingerprint density at radius 2 is 1.37 bits per heavy atom. The molecule has 1 rings (SSSR count). The summed E-state index contributed by atoms with van der Waals surface area (Å²) in [6.07, 6.45) is -12.0. The van der Waals surface area contributed by atoms with Gasteiger partial charge in [-0.1, -0.05) is 28.9 Å². The number of rotatable bonds is 2. The Balaban J connectivity index is 3.56. The van der Waals surface area contributed by atoms with Gasteiger partial charge in [0.05, 0.1) is 0 Å². The van der Waals surface area contributed by atoms with Gasteiger partial charge in [0, 0.05) is 10.0 Å². The van der Waals surface area contributed by atoms with E-state index in [4.69, 9.17) is 0 Å². The second-order valence-corrected chi connectivity index (χ2v) is 4.77. The molecule has 0 N–H and O–H groups in total. The first-order valence-corrected chi connectivity index (χ1v) is 5.85. The van der Waals surface area contributed by atoms with E-state index >= 15 is 0 Å². The smallest absolute Gasteiger partial charge is 0.218 e. The van der Waals surface area contributed by atoms with Crippen molar-refractivity contribution in [3.05, 3.63) is 33.8 Å². The lowest BCUT2D eigenvalue weighted by Crippen LogP contribution is -2.50. The van der Waals surface area contributed by atoms with Crippen LogP contribution in [0.2, 0.25) is 0 Å². The Labute approximate surface area is 112 Å². The standard InChI is InChI=1S/C11H8BrF7/c1-2-6-3-7(5-8(12)4-6)9(13,10(14,15)16)11(17,18)19/h3-5H,2H2,1H3. The number of hydrogen-bond donors (Lipinski definition) is 0. The zero-order valence-corrected chi connectivity index (χ0v) is 11.0. The molecule has 0 spiro atoms. The van der Waals surface area contributed by atoms with Crippen LogP contribution in [0.4, 0.5) is 30.7 Å². The van der Waals surface area contributed by atoms with E-state index in [9.17, 15) is 30.7 Å². The highest BCUT2D eigenvalue weighted by Gasteiger charge is 2.73. The van der Waals surface area contributed by atoms with Crippen molar-refractivity contribution in [1.29, 1.82) is 0 Å². The number of hydrogen-bond acceptors (Lipinski definition) is 0. The van der Waals surface area contributed by atoms with Crippen LogP contribution >= 0.6 is 15.9 Å². The van der Waals surface area contributed by atoms with Crippen molar-refractivity contribution in [2.24, 2.45) is 0 Å². The summed E-state index contributed by atoms with van der Waals surface area (Å²) in [4.78, 5) is 0. The van der Waals surface area contributed by atoms with Gasteiger partial charge in [-0.05, 0) is 24.1 Å². The van der Waals surface area contributed by atoms with Gasteiger partial charge in [0.25, 0.3) is 0 Å². The molecule has 0 fully saturated rings. The highest BCUT2D eigenvalue weighted by atomic mass is 79.9. The van der Waals surface area contributed by atoms with Crippen LogP contribution in [0.3, 0.4) is 0 Å². The SMILES string of the molecule is CCc1cc(Br)cc(C(F)(C(F)(F)F)C(F)(F)F)c1. The average Bonchev–Trinajstić information content (AvgIpc) is 2.23. The number of alkyl halides is 7. The molecular weight excluding hydrogens is 345 g/mol. The van der Waals surface area contributed by atoms with Crippen molar-refractivity contribution in [1.82, 2.24) is 0 Å². The lowest BCUT2D eigenvalue weighted by atomic mass is 9.92. The van der Waals surface area contributed by atoms with Crippen LogP contribution in [-0.4, -0.2) is 12.4 Å². The molecule has 0 radical (unpaired) electrons. The Hall–Kier alpha value is -0.790. The number of halogens is 8. The van der Waals surface area contributed by atoms with Crippen molar-refractivity contribution in [2.45, 2.75) is 31.4 Å². The molecule has 0 heterocycles. The van der Waals surface area contributed by atoms with Crippen LogP contribution in [-0.2, 0) is 12.1 Å². The quantitative estimate of drug-likeness (QED) is 0.633. The Kier molecular flexibility index (Phi) is 4.24. The lowest BCUT2D eigenvalue weighted by Gasteiger charge is -2.30. The molecule has 0 aliphatic carbocycles. The molecule has 1 aromatic rings. The maximum atomic E-state index is 13.8. The summed E-state index contributed by atoms with van der Waals surface area (Å²) in [5.74, 6) is 0. The van der Waals surface area contributed by atoms with Gasteiger partial charge >= 0.3 is 18.0 Å². The third kappa shape index (κ3) is 2.88. The van der Waals surface area contributed by atoms with E-state index in [1.165, 1.54) is 13.0 Å². The molecule has 0 aliphatic heterocycles. The summed E-state index contributed by atoms with van der Waals surface area (Å²) in [6, 6.07) is 2.39. The van der Waals surface area contributed by atoms with E-state index < -0.39 is 23.6 Å². The van der Waals surface area contributed by atoms with Crippen LogP contribution in [0.1, 0.15) is 18.1 Å². The molecule has 19 heavy (non-hydrogen) atoms. The van der Waals surface area contributed by atoms with Crippen LogP contribution in [0.15, 0.2) is 22.7 Å². The third-order valence-electron chi connectivity index (χ3n) is 2.54. The summed E-state index contributed by atoms with van der Waals surface area (Å²) < 4.78 is 89.0. The molecule has 0 saturated carbocycles. The predicted molar refractivity (Wildman–Crippen MR) is 58.4 cm³/mol. The lowest BCUT2D eigenvalue weighted by molar-refractivity contribution is -0.348. The highest BCUT2D eigenvalue weighted by molar-refractivity contribution is 9.10. The highest BCUT2D eigenvalue weighted by Crippen LogP contribution is 2.53. The van der Waals surface area contributed by atoms with Gasteiger partial charge in [0.15, 0.2) is 0 Å². The third-order valence-corrected chi connectivity index (χ3v) is 3.00. The summed E-state index contributed by atoms with van der Waals surface area (Å²) in [7, 11) is 0. The average molecular weight is 353 g/mol. The Morgan fingerprint density at radius 1 is 0.895 bits per heavy atom. The monoisotopic (exact) mass is 352 g/mol. The normalized spacial score (nSPS) is 13.7. The van der Waals surface area contributed by atoms with Crippen molar-refractivity contribution in [3.8, 4) is 0 Å². The number of benzene rings is 1. The molecule has 0 amide bonds. The summed E-state index contributed by atoms with van der Waals surface area (Å²) in [6.45, 7) is 1.53. The Morgan fingerprint density at radius 3 is 1.74 bits per heavy atom. The van der Waals surface area contributed by atoms with Crippen molar-refractivity contribution in [3.63, 3.8) is 0 Å². The molecule has 0 aliphatic rings. The molecule has 8 heteroatoms. The van der Waals surface area contributed by atoms with Crippen molar-refractivity contribution in [2.75, 3.05) is 0 Å². The first-order chi connectivity index (χ1) is 8.43. The summed E-state index contributed by atoms with van der Waals surface area (Å²) in [5, 5.41) is 0. The number of aryl methyl sites for hydroxylation is 1. The zero-order valence-electron chi connectivity index (χ0n) is 9.46. The topological polar surface area (TPSA) is 0 Å². The van der Waals surface area contributed by atoms with Gasteiger partial charge in [0.2, 0.25) is 0 Å². The molecule has 0 atom stereocenters. The molecule has 108 valence electrons. The zero-order chi connectivity index (χ0) is 15.1. The van der Waals surface area contributed by atoms with Gasteiger partial charge in [-0.15, -0.1) is 0 Å². The fraction of sp³-hybridized carbons (Fsp3) is 0.455. The van der Waals surface area contributed by atoms with Gasteiger partial charge in [-0.3, -0.25) is 0 Å². The second kappa shape index (κ2) is 4.96. The van der Waals surface area contributed by atoms with Crippen LogP contribution < -0.4 is 0 Å². The minimum absolute atomic E-state index is 0.0441. The van der Waals surface area contributed by atoms with Gasteiger partial charge in [-0.2, -0.15) is 26.3 Å². The Bertz CT molecular complexity index is 447.